The molecule has 2 saturated heterocycles. The lowest BCUT2D eigenvalue weighted by atomic mass is 9.78. The maximum Gasteiger partial charge on any atom is 0.522 e. The van der Waals surface area contributed by atoms with Gasteiger partial charge in [0, 0.05) is 25.7 Å². The van der Waals surface area contributed by atoms with Crippen LogP contribution in [0.5, 0.6) is 11.5 Å². The molecular formula is C16H21BN2O5. The van der Waals surface area contributed by atoms with Gasteiger partial charge in [-0.3, -0.25) is 4.90 Å². The first kappa shape index (κ1) is 15.7. The van der Waals surface area contributed by atoms with Gasteiger partial charge in [0.05, 0.1) is 0 Å². The van der Waals surface area contributed by atoms with Crippen molar-refractivity contribution in [3.63, 3.8) is 0 Å². The predicted octanol–water partition coefficient (Wildman–Crippen LogP) is 0.225. The van der Waals surface area contributed by atoms with Crippen molar-refractivity contribution in [2.75, 3.05) is 26.2 Å². The van der Waals surface area contributed by atoms with E-state index in [1.807, 2.05) is 6.07 Å². The van der Waals surface area contributed by atoms with Crippen LogP contribution in [0.25, 0.3) is 0 Å². The summed E-state index contributed by atoms with van der Waals surface area (Å²) >= 11 is 0. The van der Waals surface area contributed by atoms with Crippen molar-refractivity contribution in [3.05, 3.63) is 23.3 Å². The molecule has 128 valence electrons. The first-order valence-corrected chi connectivity index (χ1v) is 8.47. The maximum absolute atomic E-state index is 11.7. The molecule has 0 bridgehead atoms. The number of carbonyl (C=O) groups is 1. The van der Waals surface area contributed by atoms with Gasteiger partial charge in [0.1, 0.15) is 23.2 Å². The zero-order chi connectivity index (χ0) is 16.7. The van der Waals surface area contributed by atoms with Gasteiger partial charge in [0.25, 0.3) is 0 Å². The van der Waals surface area contributed by atoms with Crippen LogP contribution in [0.2, 0.25) is 6.32 Å². The van der Waals surface area contributed by atoms with E-state index < -0.39 is 13.1 Å². The van der Waals surface area contributed by atoms with E-state index in [1.54, 1.807) is 6.07 Å². The first-order valence-electron chi connectivity index (χ1n) is 8.47. The van der Waals surface area contributed by atoms with E-state index >= 15 is 0 Å². The molecule has 24 heavy (non-hydrogen) atoms. The number of likely N-dealkylation sites (tertiary alicyclic amines) is 1. The second-order valence-corrected chi connectivity index (χ2v) is 6.68. The molecule has 0 radical (unpaired) electrons. The summed E-state index contributed by atoms with van der Waals surface area (Å²) in [5, 5.41) is 22.6. The minimum Gasteiger partial charge on any atom is -0.535 e. The van der Waals surface area contributed by atoms with E-state index in [0.717, 1.165) is 38.2 Å². The standard InChI is InChI=1S/C16H21BN2O5/c20-16(21)14-13(2-1-10-3-5-17(22)24-15(10)14)23-12-8-19(9-12)11-4-6-18-7-11/h1-2,11-12,18,22H,3-9H2,(H,20,21)/t11-/m1/s1. The van der Waals surface area contributed by atoms with Gasteiger partial charge in [-0.15, -0.1) is 0 Å². The van der Waals surface area contributed by atoms with E-state index in [2.05, 4.69) is 10.2 Å². The Morgan fingerprint density at radius 2 is 2.25 bits per heavy atom. The molecule has 0 aromatic heterocycles. The Morgan fingerprint density at radius 3 is 2.96 bits per heavy atom. The number of ether oxygens (including phenoxy) is 1. The van der Waals surface area contributed by atoms with Crippen LogP contribution >= 0.6 is 0 Å². The highest BCUT2D eigenvalue weighted by molar-refractivity contribution is 6.44. The molecule has 1 atom stereocenters. The minimum absolute atomic E-state index is 0.00439. The number of fused-ring (bicyclic) bond motifs is 1. The average Bonchev–Trinajstić information content (AvgIpc) is 3.03. The normalized spacial score (nSPS) is 24.2. The van der Waals surface area contributed by atoms with Crippen molar-refractivity contribution < 1.29 is 24.3 Å². The highest BCUT2D eigenvalue weighted by atomic mass is 16.5. The van der Waals surface area contributed by atoms with Crippen LogP contribution in [0.4, 0.5) is 0 Å². The molecule has 0 aliphatic carbocycles. The van der Waals surface area contributed by atoms with Gasteiger partial charge in [-0.1, -0.05) is 6.07 Å². The number of aryl methyl sites for hydroxylation is 1. The minimum atomic E-state index is -1.09. The number of nitrogens with zero attached hydrogens (tertiary/aromatic N) is 1. The fourth-order valence-corrected chi connectivity index (χ4v) is 3.69. The fourth-order valence-electron chi connectivity index (χ4n) is 3.69. The monoisotopic (exact) mass is 332 g/mol. The Hall–Kier alpha value is -1.77. The van der Waals surface area contributed by atoms with Crippen molar-refractivity contribution in [2.45, 2.75) is 31.3 Å². The molecule has 0 amide bonds. The van der Waals surface area contributed by atoms with Gasteiger partial charge in [-0.25, -0.2) is 4.79 Å². The summed E-state index contributed by atoms with van der Waals surface area (Å²) in [6, 6.07) is 4.11. The summed E-state index contributed by atoms with van der Waals surface area (Å²) in [4.78, 5) is 14.1. The number of aromatic carboxylic acids is 1. The number of hydrogen-bond donors (Lipinski definition) is 3. The molecule has 3 heterocycles. The molecule has 0 saturated carbocycles. The van der Waals surface area contributed by atoms with Crippen LogP contribution in [-0.4, -0.2) is 66.4 Å². The number of carboxylic acids is 1. The summed E-state index contributed by atoms with van der Waals surface area (Å²) in [6.07, 6.45) is 2.22. The molecule has 0 unspecified atom stereocenters. The third-order valence-electron chi connectivity index (χ3n) is 5.05. The molecule has 7 nitrogen and oxygen atoms in total. The van der Waals surface area contributed by atoms with Crippen LogP contribution in [-0.2, 0) is 6.42 Å². The molecule has 1 aromatic rings. The van der Waals surface area contributed by atoms with Gasteiger partial charge < -0.3 is 24.8 Å². The number of carboxylic acid groups (broad SMARTS) is 1. The maximum atomic E-state index is 11.7. The van der Waals surface area contributed by atoms with Gasteiger partial charge in [-0.2, -0.15) is 0 Å². The summed E-state index contributed by atoms with van der Waals surface area (Å²) in [6.45, 7) is 3.69. The fraction of sp³-hybridized carbons (Fsp3) is 0.562. The molecule has 3 N–H and O–H groups in total. The highest BCUT2D eigenvalue weighted by Gasteiger charge is 2.36. The zero-order valence-electron chi connectivity index (χ0n) is 13.4. The predicted molar refractivity (Wildman–Crippen MR) is 87.8 cm³/mol. The highest BCUT2D eigenvalue weighted by Crippen LogP contribution is 2.37. The van der Waals surface area contributed by atoms with E-state index in [9.17, 15) is 14.9 Å². The summed E-state index contributed by atoms with van der Waals surface area (Å²) < 4.78 is 11.3. The molecule has 3 aliphatic heterocycles. The van der Waals surface area contributed by atoms with E-state index in [4.69, 9.17) is 9.39 Å². The lowest BCUT2D eigenvalue weighted by Crippen LogP contribution is -2.58. The second kappa shape index (κ2) is 6.27. The molecule has 0 spiro atoms. The molecular weight excluding hydrogens is 311 g/mol. The summed E-state index contributed by atoms with van der Waals surface area (Å²) in [7, 11) is -0.958. The molecule has 4 rings (SSSR count). The average molecular weight is 332 g/mol. The topological polar surface area (TPSA) is 91.3 Å². The van der Waals surface area contributed by atoms with Crippen molar-refractivity contribution >= 4 is 13.1 Å². The van der Waals surface area contributed by atoms with Crippen LogP contribution in [0, 0.1) is 0 Å². The Balaban J connectivity index is 1.49. The number of rotatable bonds is 4. The molecule has 2 fully saturated rings. The second-order valence-electron chi connectivity index (χ2n) is 6.68. The quantitative estimate of drug-likeness (QED) is 0.680. The van der Waals surface area contributed by atoms with Crippen molar-refractivity contribution in [2.24, 2.45) is 0 Å². The van der Waals surface area contributed by atoms with Crippen molar-refractivity contribution in [1.29, 1.82) is 0 Å². The zero-order valence-corrected chi connectivity index (χ0v) is 13.4. The first-order chi connectivity index (χ1) is 11.6. The van der Waals surface area contributed by atoms with Gasteiger partial charge in [-0.05, 0) is 37.3 Å². The Labute approximate surface area is 140 Å². The van der Waals surface area contributed by atoms with Crippen LogP contribution in [0.1, 0.15) is 22.3 Å². The van der Waals surface area contributed by atoms with Crippen molar-refractivity contribution in [3.8, 4) is 11.5 Å². The third-order valence-corrected chi connectivity index (χ3v) is 5.05. The van der Waals surface area contributed by atoms with Gasteiger partial charge >= 0.3 is 13.1 Å². The van der Waals surface area contributed by atoms with Crippen LogP contribution in [0.3, 0.4) is 0 Å². The van der Waals surface area contributed by atoms with Gasteiger partial charge in [0.2, 0.25) is 0 Å². The Morgan fingerprint density at radius 1 is 1.42 bits per heavy atom. The number of nitrogens with one attached hydrogen (secondary N) is 1. The molecule has 3 aliphatic rings. The molecule has 8 heteroatoms. The Kier molecular flexibility index (Phi) is 4.11. The lowest BCUT2D eigenvalue weighted by Gasteiger charge is -2.42. The van der Waals surface area contributed by atoms with E-state index in [-0.39, 0.29) is 17.4 Å². The Bertz CT molecular complexity index is 644. The van der Waals surface area contributed by atoms with Crippen LogP contribution < -0.4 is 14.7 Å². The van der Waals surface area contributed by atoms with E-state index in [1.165, 1.54) is 0 Å². The summed E-state index contributed by atoms with van der Waals surface area (Å²) in [5.74, 6) is -0.522. The largest absolute Gasteiger partial charge is 0.535 e. The van der Waals surface area contributed by atoms with Crippen molar-refractivity contribution in [1.82, 2.24) is 10.2 Å². The number of hydrogen-bond acceptors (Lipinski definition) is 6. The van der Waals surface area contributed by atoms with Gasteiger partial charge in [0.15, 0.2) is 0 Å². The number of benzene rings is 1. The summed E-state index contributed by atoms with van der Waals surface area (Å²) in [5.41, 5.74) is 0.824. The smallest absolute Gasteiger partial charge is 0.522 e. The van der Waals surface area contributed by atoms with E-state index in [0.29, 0.717) is 24.5 Å². The molecule has 1 aromatic carbocycles. The SMILES string of the molecule is O=C(O)c1c(OC2CN([C@@H]3CCNC3)C2)ccc2c1OB(O)CC2. The lowest BCUT2D eigenvalue weighted by molar-refractivity contribution is -0.00475. The van der Waals surface area contributed by atoms with Crippen LogP contribution in [0.15, 0.2) is 12.1 Å². The third kappa shape index (κ3) is 2.85.